The van der Waals surface area contributed by atoms with E-state index in [1.165, 1.54) is 31.4 Å². The molecule has 2 rings (SSSR count). The second kappa shape index (κ2) is 5.41. The summed E-state index contributed by atoms with van der Waals surface area (Å²) in [5.74, 6) is 1.73. The molecule has 2 N–H and O–H groups in total. The van der Waals surface area contributed by atoms with Crippen LogP contribution < -0.4 is 10.5 Å². The Balaban J connectivity index is 1.92. The molecule has 1 aromatic rings. The van der Waals surface area contributed by atoms with E-state index >= 15 is 0 Å². The SMILES string of the molecule is COc1ccc(CN(C)CC2CCC2)c(N)c1. The Labute approximate surface area is 104 Å². The predicted molar refractivity (Wildman–Crippen MR) is 71.1 cm³/mol. The molecule has 0 aliphatic heterocycles. The van der Waals surface area contributed by atoms with Gasteiger partial charge in [0.2, 0.25) is 0 Å². The molecule has 1 fully saturated rings. The highest BCUT2D eigenvalue weighted by Crippen LogP contribution is 2.27. The molecule has 3 heteroatoms. The summed E-state index contributed by atoms with van der Waals surface area (Å²) in [5, 5.41) is 0. The van der Waals surface area contributed by atoms with Gasteiger partial charge >= 0.3 is 0 Å². The first-order chi connectivity index (χ1) is 8.19. The van der Waals surface area contributed by atoms with Crippen LogP contribution in [0.4, 0.5) is 5.69 Å². The van der Waals surface area contributed by atoms with Crippen molar-refractivity contribution in [3.63, 3.8) is 0 Å². The van der Waals surface area contributed by atoms with Gasteiger partial charge in [0.1, 0.15) is 5.75 Å². The van der Waals surface area contributed by atoms with E-state index < -0.39 is 0 Å². The highest BCUT2D eigenvalue weighted by atomic mass is 16.5. The highest BCUT2D eigenvalue weighted by molar-refractivity contribution is 5.51. The quantitative estimate of drug-likeness (QED) is 0.796. The van der Waals surface area contributed by atoms with E-state index in [9.17, 15) is 0 Å². The average Bonchev–Trinajstić information content (AvgIpc) is 2.26. The van der Waals surface area contributed by atoms with Crippen molar-refractivity contribution in [3.05, 3.63) is 23.8 Å². The van der Waals surface area contributed by atoms with E-state index in [0.717, 1.165) is 23.9 Å². The molecule has 0 amide bonds. The Morgan fingerprint density at radius 1 is 1.41 bits per heavy atom. The first-order valence-electron chi connectivity index (χ1n) is 6.30. The first kappa shape index (κ1) is 12.2. The third-order valence-corrected chi connectivity index (χ3v) is 3.59. The van der Waals surface area contributed by atoms with E-state index in [0.29, 0.717) is 0 Å². The van der Waals surface area contributed by atoms with Gasteiger partial charge < -0.3 is 15.4 Å². The lowest BCUT2D eigenvalue weighted by molar-refractivity contribution is 0.200. The lowest BCUT2D eigenvalue weighted by atomic mass is 9.85. The summed E-state index contributed by atoms with van der Waals surface area (Å²) >= 11 is 0. The minimum absolute atomic E-state index is 0.824. The van der Waals surface area contributed by atoms with Gasteiger partial charge in [0.25, 0.3) is 0 Å². The summed E-state index contributed by atoms with van der Waals surface area (Å²) < 4.78 is 5.15. The fourth-order valence-corrected chi connectivity index (χ4v) is 2.32. The largest absolute Gasteiger partial charge is 0.497 e. The van der Waals surface area contributed by atoms with Gasteiger partial charge in [-0.1, -0.05) is 12.5 Å². The van der Waals surface area contributed by atoms with Crippen LogP contribution in [-0.4, -0.2) is 25.6 Å². The van der Waals surface area contributed by atoms with Crippen molar-refractivity contribution in [2.75, 3.05) is 26.4 Å². The summed E-state index contributed by atoms with van der Waals surface area (Å²) in [7, 11) is 3.83. The minimum atomic E-state index is 0.824. The number of anilines is 1. The Bertz CT molecular complexity index is 374. The molecule has 0 aromatic heterocycles. The van der Waals surface area contributed by atoms with Crippen molar-refractivity contribution < 1.29 is 4.74 Å². The van der Waals surface area contributed by atoms with E-state index in [-0.39, 0.29) is 0 Å². The van der Waals surface area contributed by atoms with Crippen molar-refractivity contribution >= 4 is 5.69 Å². The van der Waals surface area contributed by atoms with Crippen molar-refractivity contribution in [2.45, 2.75) is 25.8 Å². The maximum Gasteiger partial charge on any atom is 0.120 e. The second-order valence-corrected chi connectivity index (χ2v) is 5.06. The van der Waals surface area contributed by atoms with Gasteiger partial charge in [-0.05, 0) is 37.4 Å². The second-order valence-electron chi connectivity index (χ2n) is 5.06. The predicted octanol–water partition coefficient (Wildman–Crippen LogP) is 2.51. The van der Waals surface area contributed by atoms with Crippen LogP contribution in [-0.2, 0) is 6.54 Å². The normalized spacial score (nSPS) is 15.9. The molecule has 0 bridgehead atoms. The average molecular weight is 234 g/mol. The zero-order valence-electron chi connectivity index (χ0n) is 10.8. The molecule has 1 aliphatic rings. The number of ether oxygens (including phenoxy) is 1. The Morgan fingerprint density at radius 3 is 2.71 bits per heavy atom. The number of benzene rings is 1. The van der Waals surface area contributed by atoms with Crippen LogP contribution in [0, 0.1) is 5.92 Å². The van der Waals surface area contributed by atoms with E-state index in [1.54, 1.807) is 7.11 Å². The standard InChI is InChI=1S/C14H22N2O/c1-16(9-11-4-3-5-11)10-12-6-7-13(17-2)8-14(12)15/h6-8,11H,3-5,9-10,15H2,1-2H3. The maximum absolute atomic E-state index is 6.02. The zero-order chi connectivity index (χ0) is 12.3. The van der Waals surface area contributed by atoms with Crippen molar-refractivity contribution in [2.24, 2.45) is 5.92 Å². The van der Waals surface area contributed by atoms with Crippen LogP contribution in [0.3, 0.4) is 0 Å². The van der Waals surface area contributed by atoms with Gasteiger partial charge in [-0.3, -0.25) is 0 Å². The molecule has 0 saturated heterocycles. The Morgan fingerprint density at radius 2 is 2.18 bits per heavy atom. The molecule has 17 heavy (non-hydrogen) atoms. The summed E-state index contributed by atoms with van der Waals surface area (Å²) in [5.41, 5.74) is 8.03. The van der Waals surface area contributed by atoms with Gasteiger partial charge in [-0.2, -0.15) is 0 Å². The molecule has 1 aliphatic carbocycles. The van der Waals surface area contributed by atoms with Gasteiger partial charge in [0.15, 0.2) is 0 Å². The Hall–Kier alpha value is -1.22. The molecule has 3 nitrogen and oxygen atoms in total. The van der Waals surface area contributed by atoms with Gasteiger partial charge in [-0.25, -0.2) is 0 Å². The van der Waals surface area contributed by atoms with Crippen LogP contribution in [0.2, 0.25) is 0 Å². The number of nitrogens with two attached hydrogens (primary N) is 1. The minimum Gasteiger partial charge on any atom is -0.497 e. The van der Waals surface area contributed by atoms with Gasteiger partial charge in [-0.15, -0.1) is 0 Å². The third-order valence-electron chi connectivity index (χ3n) is 3.59. The molecule has 0 unspecified atom stereocenters. The van der Waals surface area contributed by atoms with Crippen molar-refractivity contribution in [3.8, 4) is 5.75 Å². The molecule has 0 heterocycles. The molecule has 1 saturated carbocycles. The van der Waals surface area contributed by atoms with Crippen LogP contribution in [0.15, 0.2) is 18.2 Å². The van der Waals surface area contributed by atoms with Crippen LogP contribution in [0.5, 0.6) is 5.75 Å². The molecule has 1 aromatic carbocycles. The third kappa shape index (κ3) is 3.13. The lowest BCUT2D eigenvalue weighted by Gasteiger charge is -2.30. The molecule has 0 atom stereocenters. The summed E-state index contributed by atoms with van der Waals surface area (Å²) in [6, 6.07) is 5.93. The van der Waals surface area contributed by atoms with E-state index in [4.69, 9.17) is 10.5 Å². The smallest absolute Gasteiger partial charge is 0.120 e. The topological polar surface area (TPSA) is 38.5 Å². The molecule has 94 valence electrons. The Kier molecular flexibility index (Phi) is 3.89. The molecular formula is C14H22N2O. The molecule has 0 radical (unpaired) electrons. The molecular weight excluding hydrogens is 212 g/mol. The number of rotatable bonds is 5. The number of hydrogen-bond donors (Lipinski definition) is 1. The monoisotopic (exact) mass is 234 g/mol. The summed E-state index contributed by atoms with van der Waals surface area (Å²) in [6.45, 7) is 2.11. The number of hydrogen-bond acceptors (Lipinski definition) is 3. The summed E-state index contributed by atoms with van der Waals surface area (Å²) in [6.07, 6.45) is 4.19. The van der Waals surface area contributed by atoms with E-state index in [2.05, 4.69) is 18.0 Å². The van der Waals surface area contributed by atoms with Gasteiger partial charge in [0, 0.05) is 24.8 Å². The van der Waals surface area contributed by atoms with Crippen LogP contribution in [0.25, 0.3) is 0 Å². The van der Waals surface area contributed by atoms with Gasteiger partial charge in [0.05, 0.1) is 7.11 Å². The summed E-state index contributed by atoms with van der Waals surface area (Å²) in [4.78, 5) is 2.36. The fraction of sp³-hybridized carbons (Fsp3) is 0.571. The zero-order valence-corrected chi connectivity index (χ0v) is 10.8. The number of nitrogens with zero attached hydrogens (tertiary/aromatic N) is 1. The van der Waals surface area contributed by atoms with Crippen LogP contribution >= 0.6 is 0 Å². The van der Waals surface area contributed by atoms with E-state index in [1.807, 2.05) is 12.1 Å². The van der Waals surface area contributed by atoms with Crippen LogP contribution in [0.1, 0.15) is 24.8 Å². The lowest BCUT2D eigenvalue weighted by Crippen LogP contribution is -2.29. The van der Waals surface area contributed by atoms with Crippen molar-refractivity contribution in [1.29, 1.82) is 0 Å². The molecule has 0 spiro atoms. The number of methoxy groups -OCH3 is 1. The maximum atomic E-state index is 6.02. The first-order valence-corrected chi connectivity index (χ1v) is 6.30. The highest BCUT2D eigenvalue weighted by Gasteiger charge is 2.19. The van der Waals surface area contributed by atoms with Crippen molar-refractivity contribution in [1.82, 2.24) is 4.90 Å². The number of nitrogen functional groups attached to an aromatic ring is 1. The fourth-order valence-electron chi connectivity index (χ4n) is 2.32.